The summed E-state index contributed by atoms with van der Waals surface area (Å²) in [6, 6.07) is 11.5. The highest BCUT2D eigenvalue weighted by atomic mass is 79.9. The molecule has 0 amide bonds. The molecule has 3 aromatic rings. The van der Waals surface area contributed by atoms with Gasteiger partial charge in [0.05, 0.1) is 0 Å². The standard InChI is InChI=1S/C20H19BrFN3O2/c21-13-1-6-18-16(11-13)17(12-23-18)19(20(26)27)25-9-7-24(8-10-25)15-4-2-14(22)3-5-15/h1-6,11-12,19,23H,7-10H2,(H,26,27)/t19-/m0/s1. The van der Waals surface area contributed by atoms with Crippen LogP contribution in [0.1, 0.15) is 11.6 Å². The van der Waals surface area contributed by atoms with E-state index in [0.717, 1.165) is 26.6 Å². The van der Waals surface area contributed by atoms with Gasteiger partial charge in [0.1, 0.15) is 11.9 Å². The van der Waals surface area contributed by atoms with E-state index in [-0.39, 0.29) is 5.82 Å². The van der Waals surface area contributed by atoms with Crippen LogP contribution in [0.3, 0.4) is 0 Å². The zero-order valence-electron chi connectivity index (χ0n) is 14.5. The number of carboxylic acids is 1. The topological polar surface area (TPSA) is 59.6 Å². The number of fused-ring (bicyclic) bond motifs is 1. The van der Waals surface area contributed by atoms with Crippen molar-refractivity contribution in [1.82, 2.24) is 9.88 Å². The molecule has 7 heteroatoms. The Morgan fingerprint density at radius 1 is 1.11 bits per heavy atom. The van der Waals surface area contributed by atoms with Gasteiger partial charge in [-0.05, 0) is 42.5 Å². The minimum absolute atomic E-state index is 0.256. The smallest absolute Gasteiger partial charge is 0.325 e. The maximum absolute atomic E-state index is 13.1. The van der Waals surface area contributed by atoms with Gasteiger partial charge in [-0.3, -0.25) is 9.69 Å². The molecule has 1 saturated heterocycles. The second-order valence-electron chi connectivity index (χ2n) is 6.67. The fourth-order valence-electron chi connectivity index (χ4n) is 3.72. The van der Waals surface area contributed by atoms with E-state index in [9.17, 15) is 14.3 Å². The molecule has 0 unspecified atom stereocenters. The number of aromatic amines is 1. The summed E-state index contributed by atoms with van der Waals surface area (Å²) in [7, 11) is 0. The molecule has 0 saturated carbocycles. The SMILES string of the molecule is O=C(O)[C@H](c1c[nH]c2ccc(Br)cc12)N1CCN(c2ccc(F)cc2)CC1. The molecular formula is C20H19BrFN3O2. The van der Waals surface area contributed by atoms with Crippen LogP contribution in [-0.2, 0) is 4.79 Å². The molecule has 27 heavy (non-hydrogen) atoms. The number of H-pyrrole nitrogens is 1. The molecule has 2 N–H and O–H groups in total. The summed E-state index contributed by atoms with van der Waals surface area (Å²) in [4.78, 5) is 19.4. The van der Waals surface area contributed by atoms with Crippen molar-refractivity contribution in [2.24, 2.45) is 0 Å². The Balaban J connectivity index is 1.56. The van der Waals surface area contributed by atoms with Crippen LogP contribution in [0, 0.1) is 5.82 Å². The fourth-order valence-corrected chi connectivity index (χ4v) is 4.08. The molecule has 1 fully saturated rings. The zero-order valence-corrected chi connectivity index (χ0v) is 16.1. The minimum Gasteiger partial charge on any atom is -0.480 e. The fraction of sp³-hybridized carbons (Fsp3) is 0.250. The molecule has 4 rings (SSSR count). The van der Waals surface area contributed by atoms with Crippen molar-refractivity contribution < 1.29 is 14.3 Å². The number of carboxylic acid groups (broad SMARTS) is 1. The van der Waals surface area contributed by atoms with Crippen LogP contribution >= 0.6 is 15.9 Å². The Kier molecular flexibility index (Phi) is 4.88. The van der Waals surface area contributed by atoms with Crippen molar-refractivity contribution in [3.63, 3.8) is 0 Å². The highest BCUT2D eigenvalue weighted by molar-refractivity contribution is 9.10. The number of hydrogen-bond donors (Lipinski definition) is 2. The van der Waals surface area contributed by atoms with Crippen LogP contribution in [0.2, 0.25) is 0 Å². The van der Waals surface area contributed by atoms with Gasteiger partial charge in [0.15, 0.2) is 0 Å². The number of aromatic nitrogens is 1. The molecule has 1 atom stereocenters. The van der Waals surface area contributed by atoms with Gasteiger partial charge in [0.25, 0.3) is 0 Å². The van der Waals surface area contributed by atoms with Gasteiger partial charge in [-0.1, -0.05) is 15.9 Å². The lowest BCUT2D eigenvalue weighted by Gasteiger charge is -2.38. The molecule has 140 valence electrons. The van der Waals surface area contributed by atoms with Gasteiger partial charge < -0.3 is 15.0 Å². The van der Waals surface area contributed by atoms with Gasteiger partial charge in [0, 0.05) is 59.0 Å². The molecule has 0 radical (unpaired) electrons. The molecule has 1 aliphatic heterocycles. The first-order chi connectivity index (χ1) is 13.0. The maximum Gasteiger partial charge on any atom is 0.325 e. The highest BCUT2D eigenvalue weighted by Gasteiger charge is 2.32. The normalized spacial score (nSPS) is 16.6. The predicted octanol–water partition coefficient (Wildman–Crippen LogP) is 4.02. The van der Waals surface area contributed by atoms with E-state index in [2.05, 4.69) is 25.8 Å². The summed E-state index contributed by atoms with van der Waals surface area (Å²) in [5.74, 6) is -1.11. The molecule has 0 aliphatic carbocycles. The number of halogens is 2. The van der Waals surface area contributed by atoms with Crippen LogP contribution in [0.4, 0.5) is 10.1 Å². The second-order valence-corrected chi connectivity index (χ2v) is 7.59. The quantitative estimate of drug-likeness (QED) is 0.654. The molecule has 0 spiro atoms. The number of piperazine rings is 1. The first-order valence-corrected chi connectivity index (χ1v) is 9.56. The molecule has 2 aromatic carbocycles. The van der Waals surface area contributed by atoms with E-state index in [4.69, 9.17) is 0 Å². The summed E-state index contributed by atoms with van der Waals surface area (Å²) in [6.07, 6.45) is 1.79. The molecule has 2 heterocycles. The summed E-state index contributed by atoms with van der Waals surface area (Å²) >= 11 is 3.46. The van der Waals surface area contributed by atoms with Crippen molar-refractivity contribution in [1.29, 1.82) is 0 Å². The van der Waals surface area contributed by atoms with Crippen LogP contribution < -0.4 is 4.90 Å². The average Bonchev–Trinajstić information content (AvgIpc) is 3.06. The van der Waals surface area contributed by atoms with Gasteiger partial charge in [-0.2, -0.15) is 0 Å². The van der Waals surface area contributed by atoms with Crippen molar-refractivity contribution in [2.75, 3.05) is 31.1 Å². The van der Waals surface area contributed by atoms with Gasteiger partial charge >= 0.3 is 5.97 Å². The van der Waals surface area contributed by atoms with Gasteiger partial charge in [-0.25, -0.2) is 4.39 Å². The van der Waals surface area contributed by atoms with Gasteiger partial charge in [-0.15, -0.1) is 0 Å². The van der Waals surface area contributed by atoms with E-state index < -0.39 is 12.0 Å². The maximum atomic E-state index is 13.1. The van der Waals surface area contributed by atoms with Crippen molar-refractivity contribution >= 4 is 38.5 Å². The first-order valence-electron chi connectivity index (χ1n) is 8.77. The lowest BCUT2D eigenvalue weighted by molar-refractivity contribution is -0.143. The Bertz CT molecular complexity index is 965. The monoisotopic (exact) mass is 431 g/mol. The number of hydrogen-bond acceptors (Lipinski definition) is 3. The number of nitrogens with one attached hydrogen (secondary N) is 1. The van der Waals surface area contributed by atoms with Crippen molar-refractivity contribution in [2.45, 2.75) is 6.04 Å². The summed E-state index contributed by atoms with van der Waals surface area (Å²) in [5.41, 5.74) is 2.65. The third-order valence-corrected chi connectivity index (χ3v) is 5.57. The minimum atomic E-state index is -0.855. The van der Waals surface area contributed by atoms with Crippen LogP contribution in [-0.4, -0.2) is 47.1 Å². The number of carbonyl (C=O) groups is 1. The number of aliphatic carboxylic acids is 1. The van der Waals surface area contributed by atoms with Crippen LogP contribution in [0.15, 0.2) is 53.1 Å². The predicted molar refractivity (Wildman–Crippen MR) is 107 cm³/mol. The first kappa shape index (κ1) is 18.0. The third-order valence-electron chi connectivity index (χ3n) is 5.08. The van der Waals surface area contributed by atoms with Crippen molar-refractivity contribution in [3.05, 3.63) is 64.5 Å². The largest absolute Gasteiger partial charge is 0.480 e. The highest BCUT2D eigenvalue weighted by Crippen LogP contribution is 2.31. The Labute approximate surface area is 164 Å². The van der Waals surface area contributed by atoms with Gasteiger partial charge in [0.2, 0.25) is 0 Å². The number of anilines is 1. The van der Waals surface area contributed by atoms with E-state index in [1.807, 2.05) is 23.1 Å². The molecule has 1 aromatic heterocycles. The number of rotatable bonds is 4. The van der Waals surface area contributed by atoms with E-state index in [1.165, 1.54) is 12.1 Å². The van der Waals surface area contributed by atoms with Crippen LogP contribution in [0.5, 0.6) is 0 Å². The molecule has 5 nitrogen and oxygen atoms in total. The lowest BCUT2D eigenvalue weighted by Crippen LogP contribution is -2.49. The van der Waals surface area contributed by atoms with E-state index in [1.54, 1.807) is 18.3 Å². The third kappa shape index (κ3) is 3.57. The van der Waals surface area contributed by atoms with E-state index in [0.29, 0.717) is 26.2 Å². The lowest BCUT2D eigenvalue weighted by atomic mass is 10.0. The van der Waals surface area contributed by atoms with E-state index >= 15 is 0 Å². The molecule has 1 aliphatic rings. The number of nitrogens with zero attached hydrogens (tertiary/aromatic N) is 2. The summed E-state index contributed by atoms with van der Waals surface area (Å²) in [6.45, 7) is 2.63. The molecular weight excluding hydrogens is 413 g/mol. The second kappa shape index (κ2) is 7.32. The summed E-state index contributed by atoms with van der Waals surface area (Å²) < 4.78 is 14.0. The molecule has 0 bridgehead atoms. The average molecular weight is 432 g/mol. The Morgan fingerprint density at radius 2 is 1.81 bits per heavy atom. The number of benzene rings is 2. The summed E-state index contributed by atoms with van der Waals surface area (Å²) in [5, 5.41) is 10.8. The Hall–Kier alpha value is -2.38. The Morgan fingerprint density at radius 3 is 2.48 bits per heavy atom. The zero-order chi connectivity index (χ0) is 19.0. The van der Waals surface area contributed by atoms with Crippen molar-refractivity contribution in [3.8, 4) is 0 Å². The van der Waals surface area contributed by atoms with Crippen LogP contribution in [0.25, 0.3) is 10.9 Å².